The molecular formula is C14H15FN2O3S. The number of sulfonamides is 1. The van der Waals surface area contributed by atoms with Gasteiger partial charge in [0.1, 0.15) is 11.5 Å². The van der Waals surface area contributed by atoms with Crippen molar-refractivity contribution >= 4 is 15.7 Å². The van der Waals surface area contributed by atoms with Crippen LogP contribution in [0.1, 0.15) is 23.4 Å². The molecule has 0 radical (unpaired) electrons. The minimum absolute atomic E-state index is 0.0265. The molecule has 1 aromatic heterocycles. The van der Waals surface area contributed by atoms with Gasteiger partial charge >= 0.3 is 0 Å². The molecule has 1 aliphatic heterocycles. The van der Waals surface area contributed by atoms with Gasteiger partial charge in [0.05, 0.1) is 5.69 Å². The number of halogens is 1. The number of fused-ring (bicyclic) bond motifs is 1. The van der Waals surface area contributed by atoms with Gasteiger partial charge in [-0.3, -0.25) is 4.31 Å². The lowest BCUT2D eigenvalue weighted by atomic mass is 10.0. The topological polar surface area (TPSA) is 63.4 Å². The first-order chi connectivity index (χ1) is 9.93. The summed E-state index contributed by atoms with van der Waals surface area (Å²) in [5.41, 5.74) is 1.14. The van der Waals surface area contributed by atoms with E-state index < -0.39 is 15.8 Å². The molecule has 0 N–H and O–H groups in total. The molecule has 21 heavy (non-hydrogen) atoms. The third kappa shape index (κ3) is 2.12. The summed E-state index contributed by atoms with van der Waals surface area (Å²) in [6.45, 7) is 3.36. The molecule has 0 unspecified atom stereocenters. The van der Waals surface area contributed by atoms with Crippen LogP contribution in [0.25, 0.3) is 0 Å². The van der Waals surface area contributed by atoms with Gasteiger partial charge in [-0.1, -0.05) is 17.3 Å². The number of rotatable bonds is 2. The van der Waals surface area contributed by atoms with Crippen LogP contribution in [0.2, 0.25) is 0 Å². The molecule has 3 rings (SSSR count). The summed E-state index contributed by atoms with van der Waals surface area (Å²) in [4.78, 5) is 0.0265. The summed E-state index contributed by atoms with van der Waals surface area (Å²) in [7, 11) is -3.88. The van der Waals surface area contributed by atoms with Crippen LogP contribution in [0, 0.1) is 19.7 Å². The Morgan fingerprint density at radius 3 is 2.76 bits per heavy atom. The largest absolute Gasteiger partial charge is 0.360 e. The Hall–Kier alpha value is -1.89. The van der Waals surface area contributed by atoms with Gasteiger partial charge in [0.25, 0.3) is 10.0 Å². The van der Waals surface area contributed by atoms with Crippen LogP contribution in [0.15, 0.2) is 27.6 Å². The van der Waals surface area contributed by atoms with E-state index in [0.29, 0.717) is 18.4 Å². The second kappa shape index (κ2) is 4.84. The maximum Gasteiger partial charge on any atom is 0.269 e. The summed E-state index contributed by atoms with van der Waals surface area (Å²) >= 11 is 0. The molecule has 0 spiro atoms. The van der Waals surface area contributed by atoms with E-state index in [9.17, 15) is 12.8 Å². The number of aryl methyl sites for hydroxylation is 3. The Labute approximate surface area is 122 Å². The highest BCUT2D eigenvalue weighted by atomic mass is 32.2. The second-order valence-corrected chi connectivity index (χ2v) is 6.88. The molecular weight excluding hydrogens is 295 g/mol. The molecule has 1 aliphatic rings. The molecule has 5 nitrogen and oxygen atoms in total. The first-order valence-corrected chi connectivity index (χ1v) is 8.10. The average molecular weight is 310 g/mol. The Morgan fingerprint density at radius 1 is 1.33 bits per heavy atom. The van der Waals surface area contributed by atoms with E-state index in [1.807, 2.05) is 0 Å². The smallest absolute Gasteiger partial charge is 0.269 e. The molecule has 2 aromatic rings. The Morgan fingerprint density at radius 2 is 2.10 bits per heavy atom. The summed E-state index contributed by atoms with van der Waals surface area (Å²) in [5, 5.41) is 3.68. The fraction of sp³-hybridized carbons (Fsp3) is 0.357. The highest BCUT2D eigenvalue weighted by Gasteiger charge is 2.35. The third-order valence-electron chi connectivity index (χ3n) is 3.64. The zero-order chi connectivity index (χ0) is 15.2. The predicted octanol–water partition coefficient (Wildman–Crippen LogP) is 2.57. The third-order valence-corrected chi connectivity index (χ3v) is 5.69. The van der Waals surface area contributed by atoms with Crippen LogP contribution < -0.4 is 4.31 Å². The summed E-state index contributed by atoms with van der Waals surface area (Å²) in [6, 6.07) is 4.63. The van der Waals surface area contributed by atoms with Crippen molar-refractivity contribution < 1.29 is 17.3 Å². The van der Waals surface area contributed by atoms with Crippen LogP contribution in [0.3, 0.4) is 0 Å². The molecule has 0 saturated heterocycles. The van der Waals surface area contributed by atoms with E-state index >= 15 is 0 Å². The molecule has 7 heteroatoms. The number of hydrogen-bond donors (Lipinski definition) is 0. The van der Waals surface area contributed by atoms with Gasteiger partial charge in [-0.15, -0.1) is 0 Å². The van der Waals surface area contributed by atoms with E-state index in [2.05, 4.69) is 5.16 Å². The van der Waals surface area contributed by atoms with E-state index in [0.717, 1.165) is 4.31 Å². The zero-order valence-corrected chi connectivity index (χ0v) is 12.6. The van der Waals surface area contributed by atoms with Crippen LogP contribution in [0.5, 0.6) is 0 Å². The van der Waals surface area contributed by atoms with E-state index in [1.54, 1.807) is 26.0 Å². The molecule has 2 heterocycles. The number of aromatic nitrogens is 1. The molecule has 0 atom stereocenters. The number of anilines is 1. The Kier molecular flexibility index (Phi) is 3.24. The van der Waals surface area contributed by atoms with Crippen molar-refractivity contribution in [3.8, 4) is 0 Å². The lowest BCUT2D eigenvalue weighted by Gasteiger charge is -2.30. The van der Waals surface area contributed by atoms with Crippen molar-refractivity contribution in [3.05, 3.63) is 41.0 Å². The molecule has 112 valence electrons. The average Bonchev–Trinajstić information content (AvgIpc) is 2.78. The van der Waals surface area contributed by atoms with Crippen molar-refractivity contribution in [3.63, 3.8) is 0 Å². The number of nitrogens with zero attached hydrogens (tertiary/aromatic N) is 2. The standard InChI is InChI=1S/C14H15FN2O3S/c1-9-14(10(2)20-16-9)21(18,19)17-8-4-6-11-5-3-7-12(15)13(11)17/h3,5,7H,4,6,8H2,1-2H3. The Balaban J connectivity index is 2.19. The lowest BCUT2D eigenvalue weighted by molar-refractivity contribution is 0.390. The van der Waals surface area contributed by atoms with Crippen LogP contribution in [0.4, 0.5) is 10.1 Å². The van der Waals surface area contributed by atoms with Crippen molar-refractivity contribution in [1.29, 1.82) is 0 Å². The van der Waals surface area contributed by atoms with Crippen LogP contribution >= 0.6 is 0 Å². The normalized spacial score (nSPS) is 15.1. The summed E-state index contributed by atoms with van der Waals surface area (Å²) in [5.74, 6) is -0.307. The van der Waals surface area contributed by atoms with Gasteiger partial charge in [-0.25, -0.2) is 12.8 Å². The van der Waals surface area contributed by atoms with Crippen molar-refractivity contribution in [1.82, 2.24) is 5.16 Å². The van der Waals surface area contributed by atoms with Crippen LogP contribution in [-0.2, 0) is 16.4 Å². The fourth-order valence-corrected chi connectivity index (χ4v) is 4.61. The minimum Gasteiger partial charge on any atom is -0.360 e. The monoisotopic (exact) mass is 310 g/mol. The molecule has 0 aliphatic carbocycles. The first-order valence-electron chi connectivity index (χ1n) is 6.66. The molecule has 0 bridgehead atoms. The zero-order valence-electron chi connectivity index (χ0n) is 11.8. The van der Waals surface area contributed by atoms with Gasteiger partial charge in [-0.05, 0) is 38.3 Å². The number of hydrogen-bond acceptors (Lipinski definition) is 4. The highest BCUT2D eigenvalue weighted by molar-refractivity contribution is 7.93. The van der Waals surface area contributed by atoms with Gasteiger partial charge in [0, 0.05) is 6.54 Å². The number of benzene rings is 1. The fourth-order valence-electron chi connectivity index (χ4n) is 2.76. The van der Waals surface area contributed by atoms with Crippen molar-refractivity contribution in [2.45, 2.75) is 31.6 Å². The van der Waals surface area contributed by atoms with Gasteiger partial charge in [0.2, 0.25) is 0 Å². The lowest BCUT2D eigenvalue weighted by Crippen LogP contribution is -2.36. The molecule has 0 fully saturated rings. The predicted molar refractivity (Wildman–Crippen MR) is 75.2 cm³/mol. The molecule has 1 aromatic carbocycles. The maximum absolute atomic E-state index is 14.1. The van der Waals surface area contributed by atoms with Gasteiger partial charge in [0.15, 0.2) is 10.7 Å². The molecule has 0 saturated carbocycles. The summed E-state index contributed by atoms with van der Waals surface area (Å²) in [6.07, 6.45) is 1.32. The van der Waals surface area contributed by atoms with Crippen LogP contribution in [-0.4, -0.2) is 20.1 Å². The van der Waals surface area contributed by atoms with Gasteiger partial charge < -0.3 is 4.52 Å². The maximum atomic E-state index is 14.1. The van der Waals surface area contributed by atoms with Crippen molar-refractivity contribution in [2.75, 3.05) is 10.8 Å². The highest BCUT2D eigenvalue weighted by Crippen LogP contribution is 2.35. The van der Waals surface area contributed by atoms with E-state index in [1.165, 1.54) is 6.07 Å². The first kappa shape index (κ1) is 14.1. The Bertz CT molecular complexity index is 779. The van der Waals surface area contributed by atoms with Gasteiger partial charge in [-0.2, -0.15) is 0 Å². The van der Waals surface area contributed by atoms with Crippen molar-refractivity contribution in [2.24, 2.45) is 0 Å². The SMILES string of the molecule is Cc1noc(C)c1S(=O)(=O)N1CCCc2cccc(F)c21. The second-order valence-electron chi connectivity index (χ2n) is 5.08. The molecule has 0 amide bonds. The minimum atomic E-state index is -3.88. The quantitative estimate of drug-likeness (QED) is 0.855. The summed E-state index contributed by atoms with van der Waals surface area (Å²) < 4.78 is 46.0. The number of para-hydroxylation sites is 1. The van der Waals surface area contributed by atoms with E-state index in [4.69, 9.17) is 4.52 Å². The van der Waals surface area contributed by atoms with E-state index in [-0.39, 0.29) is 28.6 Å².